The van der Waals surface area contributed by atoms with Crippen molar-refractivity contribution in [1.29, 1.82) is 0 Å². The van der Waals surface area contributed by atoms with E-state index in [-0.39, 0.29) is 18.7 Å². The van der Waals surface area contributed by atoms with Crippen LogP contribution in [0.5, 0.6) is 0 Å². The molecular weight excluding hydrogens is 272 g/mol. The highest BCUT2D eigenvalue weighted by Crippen LogP contribution is 2.41. The highest BCUT2D eigenvalue weighted by Gasteiger charge is 2.42. The number of carbonyl (C=O) groups is 2. The van der Waals surface area contributed by atoms with Crippen LogP contribution in [0.25, 0.3) is 0 Å². The van der Waals surface area contributed by atoms with Crippen molar-refractivity contribution >= 4 is 21.9 Å². The van der Waals surface area contributed by atoms with Crippen LogP contribution in [0.15, 0.2) is 0 Å². The summed E-state index contributed by atoms with van der Waals surface area (Å²) in [4.78, 5) is 22.9. The maximum absolute atomic E-state index is 11.7. The van der Waals surface area contributed by atoms with Crippen molar-refractivity contribution in [3.05, 3.63) is 0 Å². The predicted octanol–water partition coefficient (Wildman–Crippen LogP) is -0.313. The first-order valence-electron chi connectivity index (χ1n) is 6.23. The summed E-state index contributed by atoms with van der Waals surface area (Å²) in [6, 6.07) is 0. The molecule has 1 fully saturated rings. The first-order chi connectivity index (χ1) is 8.81. The normalized spacial score (nSPS) is 18.2. The molecule has 1 amide bonds. The van der Waals surface area contributed by atoms with E-state index in [2.05, 4.69) is 10.0 Å². The second kappa shape index (κ2) is 6.33. The molecule has 1 rings (SSSR count). The molecular formula is C11H20N2O5S. The second-order valence-corrected chi connectivity index (χ2v) is 6.89. The molecule has 19 heavy (non-hydrogen) atoms. The lowest BCUT2D eigenvalue weighted by Crippen LogP contribution is -2.38. The van der Waals surface area contributed by atoms with Crippen molar-refractivity contribution in [2.45, 2.75) is 32.1 Å². The van der Waals surface area contributed by atoms with Gasteiger partial charge >= 0.3 is 5.97 Å². The maximum Gasteiger partial charge on any atom is 0.310 e. The van der Waals surface area contributed by atoms with Gasteiger partial charge in [-0.3, -0.25) is 9.59 Å². The van der Waals surface area contributed by atoms with E-state index in [1.165, 1.54) is 7.05 Å². The molecule has 1 aliphatic carbocycles. The lowest BCUT2D eigenvalue weighted by Gasteiger charge is -2.22. The Labute approximate surface area is 112 Å². The third kappa shape index (κ3) is 4.46. The molecule has 0 aliphatic heterocycles. The van der Waals surface area contributed by atoms with Gasteiger partial charge in [0.15, 0.2) is 0 Å². The minimum atomic E-state index is -3.36. The Morgan fingerprint density at radius 2 is 1.84 bits per heavy atom. The highest BCUT2D eigenvalue weighted by atomic mass is 32.2. The molecule has 0 aromatic rings. The largest absolute Gasteiger partial charge is 0.481 e. The molecule has 3 N–H and O–H groups in total. The van der Waals surface area contributed by atoms with Crippen molar-refractivity contribution in [3.63, 3.8) is 0 Å². The average Bonchev–Trinajstić information content (AvgIpc) is 2.78. The Balaban J connectivity index is 2.44. The summed E-state index contributed by atoms with van der Waals surface area (Å²) in [5.41, 5.74) is -0.966. The van der Waals surface area contributed by atoms with Gasteiger partial charge in [-0.25, -0.2) is 13.1 Å². The number of hydrogen-bond donors (Lipinski definition) is 3. The first kappa shape index (κ1) is 15.9. The smallest absolute Gasteiger partial charge is 0.310 e. The average molecular weight is 292 g/mol. The van der Waals surface area contributed by atoms with Crippen LogP contribution in [0.3, 0.4) is 0 Å². The molecule has 0 aromatic heterocycles. The fraction of sp³-hybridized carbons (Fsp3) is 0.818. The van der Waals surface area contributed by atoms with Crippen LogP contribution in [-0.4, -0.2) is 44.7 Å². The van der Waals surface area contributed by atoms with Crippen molar-refractivity contribution in [3.8, 4) is 0 Å². The topological polar surface area (TPSA) is 113 Å². The lowest BCUT2D eigenvalue weighted by atomic mass is 9.82. The Morgan fingerprint density at radius 1 is 1.26 bits per heavy atom. The van der Waals surface area contributed by atoms with Gasteiger partial charge in [-0.2, -0.15) is 0 Å². The molecule has 0 aromatic carbocycles. The van der Waals surface area contributed by atoms with Crippen LogP contribution in [0.4, 0.5) is 0 Å². The number of carboxylic acids is 1. The van der Waals surface area contributed by atoms with Gasteiger partial charge in [0.1, 0.15) is 0 Å². The van der Waals surface area contributed by atoms with Gasteiger partial charge in [0.2, 0.25) is 15.9 Å². The van der Waals surface area contributed by atoms with E-state index in [1.54, 1.807) is 0 Å². The number of amides is 1. The summed E-state index contributed by atoms with van der Waals surface area (Å²) < 4.78 is 24.4. The molecule has 0 bridgehead atoms. The van der Waals surface area contributed by atoms with Crippen LogP contribution in [0.2, 0.25) is 0 Å². The predicted molar refractivity (Wildman–Crippen MR) is 69.0 cm³/mol. The second-order valence-electron chi connectivity index (χ2n) is 4.84. The van der Waals surface area contributed by atoms with E-state index in [0.717, 1.165) is 12.8 Å². The molecule has 0 unspecified atom stereocenters. The van der Waals surface area contributed by atoms with E-state index >= 15 is 0 Å². The van der Waals surface area contributed by atoms with Crippen molar-refractivity contribution in [2.75, 3.05) is 19.3 Å². The molecule has 0 spiro atoms. The number of hydrogen-bond acceptors (Lipinski definition) is 4. The Morgan fingerprint density at radius 3 is 2.32 bits per heavy atom. The minimum Gasteiger partial charge on any atom is -0.481 e. The number of nitrogens with one attached hydrogen (secondary N) is 2. The van der Waals surface area contributed by atoms with E-state index in [4.69, 9.17) is 0 Å². The highest BCUT2D eigenvalue weighted by molar-refractivity contribution is 7.89. The number of carboxylic acid groups (broad SMARTS) is 1. The third-order valence-electron chi connectivity index (χ3n) is 3.52. The molecule has 1 saturated carbocycles. The Hall–Kier alpha value is -1.15. The molecule has 0 heterocycles. The number of aliphatic carboxylic acids is 1. The quantitative estimate of drug-likeness (QED) is 0.595. The first-order valence-corrected chi connectivity index (χ1v) is 7.88. The van der Waals surface area contributed by atoms with Gasteiger partial charge in [0.25, 0.3) is 0 Å². The fourth-order valence-electron chi connectivity index (χ4n) is 2.31. The van der Waals surface area contributed by atoms with E-state index < -0.39 is 27.3 Å². The summed E-state index contributed by atoms with van der Waals surface area (Å²) in [6.45, 7) is -0.0162. The number of rotatable bonds is 7. The fourth-order valence-corrected chi connectivity index (χ4v) is 2.89. The molecule has 110 valence electrons. The molecule has 1 aliphatic rings. The van der Waals surface area contributed by atoms with Gasteiger partial charge in [-0.05, 0) is 19.9 Å². The van der Waals surface area contributed by atoms with E-state index in [9.17, 15) is 23.1 Å². The zero-order chi connectivity index (χ0) is 14.5. The SMILES string of the molecule is CNS(=O)(=O)CCNC(=O)CC1(C(=O)O)CCCC1. The zero-order valence-corrected chi connectivity index (χ0v) is 11.8. The van der Waals surface area contributed by atoms with Gasteiger partial charge in [0, 0.05) is 13.0 Å². The minimum absolute atomic E-state index is 0.0162. The summed E-state index contributed by atoms with van der Waals surface area (Å²) in [5, 5.41) is 11.7. The zero-order valence-electron chi connectivity index (χ0n) is 10.9. The third-order valence-corrected chi connectivity index (χ3v) is 4.88. The lowest BCUT2D eigenvalue weighted by molar-refractivity contribution is -0.151. The summed E-state index contributed by atoms with van der Waals surface area (Å²) in [6.07, 6.45) is 2.55. The maximum atomic E-state index is 11.7. The van der Waals surface area contributed by atoms with Crippen molar-refractivity contribution in [1.82, 2.24) is 10.0 Å². The summed E-state index contributed by atoms with van der Waals surface area (Å²) in [7, 11) is -2.05. The molecule has 0 saturated heterocycles. The van der Waals surface area contributed by atoms with Gasteiger partial charge in [0.05, 0.1) is 11.2 Å². The van der Waals surface area contributed by atoms with Crippen LogP contribution in [-0.2, 0) is 19.6 Å². The Kier molecular flexibility index (Phi) is 5.30. The van der Waals surface area contributed by atoms with Gasteiger partial charge < -0.3 is 10.4 Å². The molecule has 8 heteroatoms. The van der Waals surface area contributed by atoms with Crippen LogP contribution >= 0.6 is 0 Å². The van der Waals surface area contributed by atoms with Gasteiger partial charge in [-0.15, -0.1) is 0 Å². The van der Waals surface area contributed by atoms with Crippen LogP contribution < -0.4 is 10.0 Å². The van der Waals surface area contributed by atoms with E-state index in [0.29, 0.717) is 12.8 Å². The van der Waals surface area contributed by atoms with E-state index in [1.807, 2.05) is 0 Å². The summed E-state index contributed by atoms with van der Waals surface area (Å²) in [5.74, 6) is -1.56. The number of carbonyl (C=O) groups excluding carboxylic acids is 1. The standard InChI is InChI=1S/C11H20N2O5S/c1-12-19(17,18)7-6-13-9(14)8-11(10(15)16)4-2-3-5-11/h12H,2-8H2,1H3,(H,13,14)(H,15,16). The van der Waals surface area contributed by atoms with Crippen LogP contribution in [0.1, 0.15) is 32.1 Å². The molecule has 0 atom stereocenters. The summed E-state index contributed by atoms with van der Waals surface area (Å²) >= 11 is 0. The van der Waals surface area contributed by atoms with Crippen molar-refractivity contribution in [2.24, 2.45) is 5.41 Å². The van der Waals surface area contributed by atoms with Gasteiger partial charge in [-0.1, -0.05) is 12.8 Å². The molecule has 0 radical (unpaired) electrons. The monoisotopic (exact) mass is 292 g/mol. The van der Waals surface area contributed by atoms with Crippen molar-refractivity contribution < 1.29 is 23.1 Å². The Bertz CT molecular complexity index is 440. The number of sulfonamides is 1. The van der Waals surface area contributed by atoms with Crippen LogP contribution in [0, 0.1) is 5.41 Å². The molecule has 7 nitrogen and oxygen atoms in total.